The fourth-order valence-corrected chi connectivity index (χ4v) is 6.90. The van der Waals surface area contributed by atoms with Gasteiger partial charge in [0.05, 0.1) is 55.9 Å². The Morgan fingerprint density at radius 1 is 1.00 bits per heavy atom. The third kappa shape index (κ3) is 9.81. The van der Waals surface area contributed by atoms with Crippen molar-refractivity contribution < 1.29 is 18.9 Å². The molecule has 4 aromatic rings. The summed E-state index contributed by atoms with van der Waals surface area (Å²) in [6.07, 6.45) is 14.2. The molecule has 0 amide bonds. The summed E-state index contributed by atoms with van der Waals surface area (Å²) in [5, 5.41) is 22.1. The van der Waals surface area contributed by atoms with Crippen molar-refractivity contribution in [1.82, 2.24) is 39.4 Å². The molecule has 272 valence electrons. The van der Waals surface area contributed by atoms with E-state index in [-0.39, 0.29) is 30.5 Å². The smallest absolute Gasteiger partial charge is 0.256 e. The van der Waals surface area contributed by atoms with Gasteiger partial charge in [0.15, 0.2) is 0 Å². The minimum atomic E-state index is -0.232. The summed E-state index contributed by atoms with van der Waals surface area (Å²) >= 11 is 0. The molecule has 1 saturated heterocycles. The highest BCUT2D eigenvalue weighted by Gasteiger charge is 2.32. The quantitative estimate of drug-likeness (QED) is 0.150. The lowest BCUT2D eigenvalue weighted by atomic mass is 9.89. The van der Waals surface area contributed by atoms with E-state index in [0.717, 1.165) is 62.0 Å². The van der Waals surface area contributed by atoms with Crippen LogP contribution in [0.25, 0.3) is 11.1 Å². The van der Waals surface area contributed by atoms with Crippen LogP contribution in [0.15, 0.2) is 49.4 Å². The van der Waals surface area contributed by atoms with E-state index < -0.39 is 0 Å². The van der Waals surface area contributed by atoms with Crippen LogP contribution in [0.5, 0.6) is 11.6 Å². The predicted molar refractivity (Wildman–Crippen MR) is 192 cm³/mol. The molecule has 1 aliphatic heterocycles. The van der Waals surface area contributed by atoms with Gasteiger partial charge in [-0.15, -0.1) is 5.10 Å². The van der Waals surface area contributed by atoms with Gasteiger partial charge in [0.25, 0.3) is 5.88 Å². The van der Waals surface area contributed by atoms with E-state index in [2.05, 4.69) is 54.9 Å². The van der Waals surface area contributed by atoms with Crippen molar-refractivity contribution >= 4 is 11.6 Å². The lowest BCUT2D eigenvalue weighted by molar-refractivity contribution is -0.0852. The van der Waals surface area contributed by atoms with Gasteiger partial charge in [-0.3, -0.25) is 9.58 Å². The molecular formula is C37H50N10O4. The Bertz CT molecular complexity index is 1700. The van der Waals surface area contributed by atoms with Gasteiger partial charge in [-0.25, -0.2) is 19.6 Å². The summed E-state index contributed by atoms with van der Waals surface area (Å²) < 4.78 is 27.8. The Kier molecular flexibility index (Phi) is 12.1. The molecular weight excluding hydrogens is 648 g/mol. The Labute approximate surface area is 300 Å². The molecule has 1 N–H and O–H groups in total. The van der Waals surface area contributed by atoms with Gasteiger partial charge in [0.2, 0.25) is 5.95 Å². The van der Waals surface area contributed by atoms with Crippen molar-refractivity contribution in [2.45, 2.75) is 110 Å². The van der Waals surface area contributed by atoms with Gasteiger partial charge in [-0.2, -0.15) is 10.4 Å². The van der Waals surface area contributed by atoms with E-state index in [0.29, 0.717) is 48.9 Å². The number of nitrogens with one attached hydrogen (secondary N) is 1. The molecule has 3 aromatic heterocycles. The number of rotatable bonds is 15. The molecule has 2 aliphatic rings. The molecule has 3 atom stereocenters. The average Bonchev–Trinajstić information content (AvgIpc) is 3.78. The predicted octanol–water partition coefficient (Wildman–Crippen LogP) is 5.80. The summed E-state index contributed by atoms with van der Waals surface area (Å²) in [5.74, 6) is 1.44. The van der Waals surface area contributed by atoms with E-state index in [9.17, 15) is 5.26 Å². The second-order valence-corrected chi connectivity index (χ2v) is 13.9. The lowest BCUT2D eigenvalue weighted by Crippen LogP contribution is -2.51. The summed E-state index contributed by atoms with van der Waals surface area (Å²) in [7, 11) is 0. The Hall–Kier alpha value is -4.58. The average molecular weight is 699 g/mol. The van der Waals surface area contributed by atoms with Crippen molar-refractivity contribution in [2.75, 3.05) is 31.6 Å². The van der Waals surface area contributed by atoms with Crippen molar-refractivity contribution in [1.29, 1.82) is 5.26 Å². The highest BCUT2D eigenvalue weighted by molar-refractivity contribution is 5.67. The van der Waals surface area contributed by atoms with Crippen LogP contribution in [-0.4, -0.2) is 96.2 Å². The Morgan fingerprint density at radius 2 is 1.75 bits per heavy atom. The van der Waals surface area contributed by atoms with E-state index >= 15 is 0 Å². The molecule has 1 aromatic carbocycles. The summed E-state index contributed by atoms with van der Waals surface area (Å²) in [5.41, 5.74) is 2.79. The zero-order chi connectivity index (χ0) is 35.7. The molecule has 4 heterocycles. The summed E-state index contributed by atoms with van der Waals surface area (Å²) in [4.78, 5) is 15.8. The fourth-order valence-electron chi connectivity index (χ4n) is 6.90. The first kappa shape index (κ1) is 36.2. The minimum absolute atomic E-state index is 0.179. The van der Waals surface area contributed by atoms with Gasteiger partial charge in [0.1, 0.15) is 36.3 Å². The SMILES string of the molecule is CC(C)OCCCOc1nn(C2CCC(N3C[C@@H](C)O[C@@H](C)C3)CC2)cc1Nc1ncc(-c2ccc(C#N)c(O[C@@H](C)Cn3cncn3)c2)cn1. The Morgan fingerprint density at radius 3 is 2.43 bits per heavy atom. The second-order valence-electron chi connectivity index (χ2n) is 13.9. The maximum atomic E-state index is 9.70. The largest absolute Gasteiger partial charge is 0.487 e. The normalized spacial score (nSPS) is 21.7. The monoisotopic (exact) mass is 698 g/mol. The summed E-state index contributed by atoms with van der Waals surface area (Å²) in [6, 6.07) is 8.54. The minimum Gasteiger partial charge on any atom is -0.487 e. The standard InChI is InChI=1S/C37H50N10O4/c1-25(2)48-13-6-14-49-36-34(22-47(44-36)33-11-9-32(10-12-33)45-19-26(3)50-27(4)20-45)43-37-40-17-31(18-41-37)29-7-8-30(16-38)35(15-29)51-28(5)21-46-24-39-23-42-46/h7-8,15,17-18,22-28,32-33H,6,9-14,19-21H2,1-5H3,(H,40,41,43)/t26-,27+,28-,32?,33?/m0/s1. The van der Waals surface area contributed by atoms with Gasteiger partial charge in [0, 0.05) is 43.5 Å². The van der Waals surface area contributed by atoms with Crippen molar-refractivity contribution in [3.05, 3.63) is 55.0 Å². The zero-order valence-corrected chi connectivity index (χ0v) is 30.3. The molecule has 0 unspecified atom stereocenters. The number of benzene rings is 1. The first-order chi connectivity index (χ1) is 24.7. The van der Waals surface area contributed by atoms with Crippen molar-refractivity contribution in [3.63, 3.8) is 0 Å². The van der Waals surface area contributed by atoms with E-state index in [1.54, 1.807) is 29.5 Å². The highest BCUT2D eigenvalue weighted by Crippen LogP contribution is 2.35. The Balaban J connectivity index is 1.13. The van der Waals surface area contributed by atoms with E-state index in [1.807, 2.05) is 39.1 Å². The number of ether oxygens (including phenoxy) is 4. The van der Waals surface area contributed by atoms with Crippen molar-refractivity contribution in [2.24, 2.45) is 0 Å². The molecule has 14 nitrogen and oxygen atoms in total. The van der Waals surface area contributed by atoms with Gasteiger partial charge >= 0.3 is 0 Å². The van der Waals surface area contributed by atoms with Crippen LogP contribution in [0.4, 0.5) is 11.6 Å². The third-order valence-corrected chi connectivity index (χ3v) is 9.25. The van der Waals surface area contributed by atoms with Gasteiger partial charge in [-0.1, -0.05) is 6.07 Å². The van der Waals surface area contributed by atoms with E-state index in [4.69, 9.17) is 24.0 Å². The van der Waals surface area contributed by atoms with E-state index in [1.165, 1.54) is 6.33 Å². The number of anilines is 2. The van der Waals surface area contributed by atoms with Crippen LogP contribution in [0.3, 0.4) is 0 Å². The fraction of sp³-hybridized carbons (Fsp3) is 0.568. The topological polar surface area (TPSA) is 150 Å². The maximum absolute atomic E-state index is 9.70. The third-order valence-electron chi connectivity index (χ3n) is 9.25. The van der Waals surface area contributed by atoms with Crippen LogP contribution in [0.1, 0.15) is 78.3 Å². The number of nitriles is 1. The number of hydrogen-bond acceptors (Lipinski definition) is 12. The molecule has 1 aliphatic carbocycles. The maximum Gasteiger partial charge on any atom is 0.256 e. The molecule has 0 bridgehead atoms. The number of aromatic nitrogens is 7. The van der Waals surface area contributed by atoms with Crippen LogP contribution >= 0.6 is 0 Å². The molecule has 2 fully saturated rings. The number of nitrogens with zero attached hydrogens (tertiary/aromatic N) is 9. The number of morpholine rings is 1. The molecule has 1 saturated carbocycles. The van der Waals surface area contributed by atoms with Crippen molar-refractivity contribution in [3.8, 4) is 28.8 Å². The lowest BCUT2D eigenvalue weighted by Gasteiger charge is -2.42. The second kappa shape index (κ2) is 17.1. The van der Waals surface area contributed by atoms with Gasteiger partial charge in [-0.05, 0) is 78.0 Å². The first-order valence-electron chi connectivity index (χ1n) is 18.1. The number of hydrogen-bond donors (Lipinski definition) is 1. The first-order valence-corrected chi connectivity index (χ1v) is 18.1. The van der Waals surface area contributed by atoms with Crippen LogP contribution in [-0.2, 0) is 16.0 Å². The molecule has 51 heavy (non-hydrogen) atoms. The van der Waals surface area contributed by atoms with Gasteiger partial charge < -0.3 is 24.3 Å². The van der Waals surface area contributed by atoms with Crippen LogP contribution in [0, 0.1) is 11.3 Å². The molecule has 6 rings (SSSR count). The molecule has 14 heteroatoms. The van der Waals surface area contributed by atoms with Crippen LogP contribution in [0.2, 0.25) is 0 Å². The van der Waals surface area contributed by atoms with Crippen LogP contribution < -0.4 is 14.8 Å². The molecule has 0 spiro atoms. The highest BCUT2D eigenvalue weighted by atomic mass is 16.5. The summed E-state index contributed by atoms with van der Waals surface area (Å²) in [6.45, 7) is 13.9. The molecule has 0 radical (unpaired) electrons. The zero-order valence-electron chi connectivity index (χ0n) is 30.3.